The topological polar surface area (TPSA) is 261 Å². The van der Waals surface area contributed by atoms with Crippen LogP contribution in [0, 0.1) is 0 Å². The van der Waals surface area contributed by atoms with Gasteiger partial charge >= 0.3 is 29.6 Å². The van der Waals surface area contributed by atoms with Gasteiger partial charge in [0.2, 0.25) is 35.7 Å². The quantitative estimate of drug-likeness (QED) is 0.0475. The Bertz CT molecular complexity index is 2380. The Hall–Kier alpha value is -5.74. The SMILES string of the molecule is CNc1nc(Nc2ccccc2)nc(Nc2ccc(/C=C/c3ccc(Nc4nc(NC)nc(Nc5ccccc5)n4)cc3S(=O)(=O)O)c(S(=O)(=O)[O-])c2)n1.[Na+]. The van der Waals surface area contributed by atoms with Gasteiger partial charge < -0.3 is 36.5 Å². The van der Waals surface area contributed by atoms with E-state index >= 15 is 0 Å². The van der Waals surface area contributed by atoms with Crippen molar-refractivity contribution >= 4 is 90.8 Å². The second kappa shape index (κ2) is 17.6. The van der Waals surface area contributed by atoms with E-state index < -0.39 is 30.0 Å². The molecule has 0 aliphatic rings. The smallest absolute Gasteiger partial charge is 0.744 e. The van der Waals surface area contributed by atoms with Crippen LogP contribution in [0.3, 0.4) is 0 Å². The molecular weight excluding hydrogens is 760 g/mol. The summed E-state index contributed by atoms with van der Waals surface area (Å²) in [6, 6.07) is 26.2. The monoisotopic (exact) mass is 790 g/mol. The van der Waals surface area contributed by atoms with E-state index in [0.717, 1.165) is 17.8 Å². The van der Waals surface area contributed by atoms with Gasteiger partial charge in [-0.05, 0) is 59.7 Å². The number of nitrogens with zero attached hydrogens (tertiary/aromatic N) is 6. The first-order chi connectivity index (χ1) is 25.9. The van der Waals surface area contributed by atoms with Crippen molar-refractivity contribution < 1.29 is 55.5 Å². The second-order valence-electron chi connectivity index (χ2n) is 11.1. The maximum atomic E-state index is 12.5. The number of nitrogens with one attached hydrogen (secondary N) is 6. The summed E-state index contributed by atoms with van der Waals surface area (Å²) in [5, 5.41) is 17.6. The molecule has 0 saturated heterocycles. The third-order valence-corrected chi connectivity index (χ3v) is 9.11. The number of para-hydroxylation sites is 2. The van der Waals surface area contributed by atoms with E-state index in [1.54, 1.807) is 14.1 Å². The minimum absolute atomic E-state index is 0. The molecule has 18 nitrogen and oxygen atoms in total. The summed E-state index contributed by atoms with van der Waals surface area (Å²) in [7, 11) is -6.63. The molecule has 0 aliphatic heterocycles. The maximum Gasteiger partial charge on any atom is 1.00 e. The summed E-state index contributed by atoms with van der Waals surface area (Å²) in [5.41, 5.74) is 1.72. The molecular formula is C34H31N12NaO6S2. The molecule has 0 unspecified atom stereocenters. The zero-order valence-corrected chi connectivity index (χ0v) is 33.0. The minimum Gasteiger partial charge on any atom is -0.744 e. The number of rotatable bonds is 14. The van der Waals surface area contributed by atoms with Gasteiger partial charge in [0.15, 0.2) is 0 Å². The Morgan fingerprint density at radius 2 is 0.855 bits per heavy atom. The largest absolute Gasteiger partial charge is 1.00 e. The summed E-state index contributed by atoms with van der Waals surface area (Å²) in [5.74, 6) is 0.907. The average molecular weight is 791 g/mol. The number of aromatic nitrogens is 6. The number of anilines is 10. The molecule has 7 N–H and O–H groups in total. The molecule has 21 heteroatoms. The molecule has 0 aliphatic carbocycles. The summed E-state index contributed by atoms with van der Waals surface area (Å²) in [4.78, 5) is 24.6. The van der Waals surface area contributed by atoms with Gasteiger partial charge in [-0.15, -0.1) is 0 Å². The Balaban J connectivity index is 0.00000580. The summed E-state index contributed by atoms with van der Waals surface area (Å²) in [6.07, 6.45) is 2.49. The van der Waals surface area contributed by atoms with Crippen LogP contribution in [-0.2, 0) is 20.2 Å². The van der Waals surface area contributed by atoms with Crippen LogP contribution in [0.4, 0.5) is 58.4 Å². The normalized spacial score (nSPS) is 11.3. The molecule has 6 aromatic rings. The van der Waals surface area contributed by atoms with Crippen molar-refractivity contribution in [1.82, 2.24) is 29.9 Å². The first-order valence-electron chi connectivity index (χ1n) is 15.8. The Morgan fingerprint density at radius 1 is 0.509 bits per heavy atom. The molecule has 6 rings (SSSR count). The fraction of sp³-hybridized carbons (Fsp3) is 0.0588. The van der Waals surface area contributed by atoms with Crippen molar-refractivity contribution in [3.63, 3.8) is 0 Å². The van der Waals surface area contributed by atoms with E-state index in [9.17, 15) is 25.9 Å². The number of benzene rings is 4. The first kappa shape index (κ1) is 40.4. The van der Waals surface area contributed by atoms with Crippen LogP contribution in [-0.4, -0.2) is 69.9 Å². The van der Waals surface area contributed by atoms with Crippen molar-refractivity contribution in [2.75, 3.05) is 46.0 Å². The van der Waals surface area contributed by atoms with Crippen LogP contribution in [0.15, 0.2) is 107 Å². The van der Waals surface area contributed by atoms with Gasteiger partial charge in [0.25, 0.3) is 10.1 Å². The molecule has 0 atom stereocenters. The molecule has 0 radical (unpaired) electrons. The fourth-order valence-corrected chi connectivity index (χ4v) is 6.28. The first-order valence-corrected chi connectivity index (χ1v) is 18.7. The van der Waals surface area contributed by atoms with Crippen LogP contribution in [0.25, 0.3) is 12.2 Å². The van der Waals surface area contributed by atoms with Crippen LogP contribution < -0.4 is 61.5 Å². The van der Waals surface area contributed by atoms with Crippen LogP contribution in [0.2, 0.25) is 0 Å². The molecule has 2 aromatic heterocycles. The molecule has 0 spiro atoms. The summed E-state index contributed by atoms with van der Waals surface area (Å²) >= 11 is 0. The van der Waals surface area contributed by atoms with Crippen LogP contribution in [0.5, 0.6) is 0 Å². The molecule has 0 fully saturated rings. The average Bonchev–Trinajstić information content (AvgIpc) is 3.14. The Morgan fingerprint density at radius 3 is 1.22 bits per heavy atom. The predicted octanol–water partition coefficient (Wildman–Crippen LogP) is 2.44. The van der Waals surface area contributed by atoms with E-state index in [1.165, 1.54) is 36.4 Å². The van der Waals surface area contributed by atoms with Gasteiger partial charge in [-0.3, -0.25) is 4.55 Å². The standard InChI is InChI=1S/C34H32N12O6S2.Na/c1-35-29-41-31(37-23-9-5-3-6-10-23)45-33(43-29)39-25-17-15-21(27(19-25)53(47,48)49)13-14-22-16-18-26(20-28(22)54(50,51)52)40-34-44-30(36-2)42-32(46-34)38-24-11-7-4-8-12-24;/h3-20H,1-2H3,(H,47,48,49)(H,50,51,52)(H3,35,37,39,41,43,45)(H3,36,38,40,42,44,46);/q;+1/p-1/b14-13+;. The van der Waals surface area contributed by atoms with E-state index in [-0.39, 0.29) is 87.7 Å². The molecule has 0 amide bonds. The van der Waals surface area contributed by atoms with E-state index in [4.69, 9.17) is 0 Å². The zero-order chi connectivity index (χ0) is 38.3. The van der Waals surface area contributed by atoms with Gasteiger partial charge in [0, 0.05) is 36.8 Å². The van der Waals surface area contributed by atoms with E-state index in [2.05, 4.69) is 61.8 Å². The van der Waals surface area contributed by atoms with Crippen LogP contribution >= 0.6 is 0 Å². The number of hydrogen-bond acceptors (Lipinski definition) is 17. The van der Waals surface area contributed by atoms with Crippen LogP contribution in [0.1, 0.15) is 11.1 Å². The molecule has 0 saturated carbocycles. The Kier molecular flexibility index (Phi) is 12.9. The molecule has 2 heterocycles. The van der Waals surface area contributed by atoms with Gasteiger partial charge in [-0.2, -0.15) is 38.3 Å². The third-order valence-electron chi connectivity index (χ3n) is 7.31. The minimum atomic E-state index is -5.05. The van der Waals surface area contributed by atoms with Crippen molar-refractivity contribution in [3.8, 4) is 0 Å². The van der Waals surface area contributed by atoms with Crippen molar-refractivity contribution in [2.24, 2.45) is 0 Å². The predicted molar refractivity (Wildman–Crippen MR) is 204 cm³/mol. The molecule has 0 bridgehead atoms. The molecule has 55 heavy (non-hydrogen) atoms. The van der Waals surface area contributed by atoms with Gasteiger partial charge in [-0.25, -0.2) is 8.42 Å². The van der Waals surface area contributed by atoms with E-state index in [1.807, 2.05) is 60.7 Å². The Labute approximate surface area is 338 Å². The van der Waals surface area contributed by atoms with Crippen molar-refractivity contribution in [3.05, 3.63) is 108 Å². The molecule has 276 valence electrons. The maximum absolute atomic E-state index is 12.5. The van der Waals surface area contributed by atoms with Crippen molar-refractivity contribution in [2.45, 2.75) is 9.79 Å². The van der Waals surface area contributed by atoms with Crippen molar-refractivity contribution in [1.29, 1.82) is 0 Å². The van der Waals surface area contributed by atoms with Gasteiger partial charge in [-0.1, -0.05) is 60.7 Å². The molecule has 4 aromatic carbocycles. The summed E-state index contributed by atoms with van der Waals surface area (Å²) < 4.78 is 72.3. The van der Waals surface area contributed by atoms with Gasteiger partial charge in [0.1, 0.15) is 15.0 Å². The van der Waals surface area contributed by atoms with E-state index in [0.29, 0.717) is 5.69 Å². The fourth-order valence-electron chi connectivity index (χ4n) is 4.88. The van der Waals surface area contributed by atoms with Gasteiger partial charge in [0.05, 0.1) is 4.90 Å². The summed E-state index contributed by atoms with van der Waals surface area (Å²) in [6.45, 7) is 0. The third kappa shape index (κ3) is 10.9. The second-order valence-corrected chi connectivity index (χ2v) is 13.9. The zero-order valence-electron chi connectivity index (χ0n) is 29.4. The number of hydrogen-bond donors (Lipinski definition) is 7.